The highest BCUT2D eigenvalue weighted by Gasteiger charge is 2.52. The van der Waals surface area contributed by atoms with E-state index in [-0.39, 0.29) is 4.75 Å². The van der Waals surface area contributed by atoms with E-state index in [9.17, 15) is 0 Å². The van der Waals surface area contributed by atoms with Crippen LogP contribution in [0, 0.1) is 16.7 Å². The van der Waals surface area contributed by atoms with Crippen LogP contribution in [0.25, 0.3) is 0 Å². The van der Waals surface area contributed by atoms with Gasteiger partial charge >= 0.3 is 0 Å². The SMILES string of the molecule is CCC1(CC)CC(C#N)(SC)C1. The van der Waals surface area contributed by atoms with E-state index in [1.165, 1.54) is 12.8 Å². The van der Waals surface area contributed by atoms with Crippen molar-refractivity contribution in [1.82, 2.24) is 0 Å². The number of thioether (sulfide) groups is 1. The third-order valence-corrected chi connectivity index (χ3v) is 4.58. The van der Waals surface area contributed by atoms with Gasteiger partial charge in [-0.2, -0.15) is 5.26 Å². The molecule has 0 saturated heterocycles. The van der Waals surface area contributed by atoms with Crippen LogP contribution in [0.2, 0.25) is 0 Å². The van der Waals surface area contributed by atoms with Crippen LogP contribution in [0.4, 0.5) is 0 Å². The van der Waals surface area contributed by atoms with Crippen LogP contribution in [0.1, 0.15) is 39.5 Å². The number of rotatable bonds is 3. The van der Waals surface area contributed by atoms with E-state index in [1.54, 1.807) is 11.8 Å². The molecule has 0 atom stereocenters. The topological polar surface area (TPSA) is 23.8 Å². The molecule has 1 fully saturated rings. The molecule has 0 N–H and O–H groups in total. The molecule has 0 aromatic rings. The number of nitriles is 1. The quantitative estimate of drug-likeness (QED) is 0.671. The molecule has 0 aromatic carbocycles. The Kier molecular flexibility index (Phi) is 2.73. The molecule has 0 heterocycles. The van der Waals surface area contributed by atoms with Gasteiger partial charge in [0.15, 0.2) is 0 Å². The van der Waals surface area contributed by atoms with Gasteiger partial charge in [-0.1, -0.05) is 26.7 Å². The Morgan fingerprint density at radius 2 is 1.83 bits per heavy atom. The molecule has 0 bridgehead atoms. The van der Waals surface area contributed by atoms with E-state index in [2.05, 4.69) is 26.2 Å². The maximum atomic E-state index is 8.99. The summed E-state index contributed by atoms with van der Waals surface area (Å²) in [6, 6.07) is 2.45. The van der Waals surface area contributed by atoms with Crippen molar-refractivity contribution in [3.05, 3.63) is 0 Å². The molecule has 12 heavy (non-hydrogen) atoms. The first kappa shape index (κ1) is 9.92. The maximum Gasteiger partial charge on any atom is 0.103 e. The van der Waals surface area contributed by atoms with Crippen LogP contribution in [-0.2, 0) is 0 Å². The standard InChI is InChI=1S/C10H17NS/c1-4-9(5-2)6-10(7-9,8-11)12-3/h4-7H2,1-3H3. The Labute approximate surface area is 79.5 Å². The third kappa shape index (κ3) is 1.35. The molecule has 0 aromatic heterocycles. The van der Waals surface area contributed by atoms with Crippen LogP contribution >= 0.6 is 11.8 Å². The molecule has 68 valence electrons. The Bertz CT molecular complexity index is 192. The van der Waals surface area contributed by atoms with Crippen molar-refractivity contribution in [2.24, 2.45) is 5.41 Å². The first-order valence-corrected chi connectivity index (χ1v) is 5.85. The smallest absolute Gasteiger partial charge is 0.103 e. The van der Waals surface area contributed by atoms with E-state index >= 15 is 0 Å². The van der Waals surface area contributed by atoms with Crippen LogP contribution in [0.3, 0.4) is 0 Å². The Balaban J connectivity index is 2.60. The average Bonchev–Trinajstić information content (AvgIpc) is 2.07. The maximum absolute atomic E-state index is 8.99. The fraction of sp³-hybridized carbons (Fsp3) is 0.900. The summed E-state index contributed by atoms with van der Waals surface area (Å²) in [5.41, 5.74) is 0.499. The summed E-state index contributed by atoms with van der Waals surface area (Å²) in [6.45, 7) is 4.48. The van der Waals surface area contributed by atoms with Crippen LogP contribution in [-0.4, -0.2) is 11.0 Å². The van der Waals surface area contributed by atoms with Crippen molar-refractivity contribution in [3.63, 3.8) is 0 Å². The second-order valence-electron chi connectivity index (χ2n) is 3.87. The number of nitrogens with zero attached hydrogens (tertiary/aromatic N) is 1. The largest absolute Gasteiger partial charge is 0.197 e. The average molecular weight is 183 g/mol. The third-order valence-electron chi connectivity index (χ3n) is 3.42. The van der Waals surface area contributed by atoms with E-state index in [0.717, 1.165) is 12.8 Å². The van der Waals surface area contributed by atoms with Gasteiger partial charge in [0.05, 0.1) is 6.07 Å². The van der Waals surface area contributed by atoms with Gasteiger partial charge in [-0.3, -0.25) is 0 Å². The van der Waals surface area contributed by atoms with Gasteiger partial charge in [0.2, 0.25) is 0 Å². The molecule has 1 aliphatic rings. The fourth-order valence-electron chi connectivity index (χ4n) is 2.18. The zero-order valence-corrected chi connectivity index (χ0v) is 9.00. The lowest BCUT2D eigenvalue weighted by Crippen LogP contribution is -2.48. The second kappa shape index (κ2) is 3.30. The lowest BCUT2D eigenvalue weighted by Gasteiger charge is -2.51. The van der Waals surface area contributed by atoms with E-state index < -0.39 is 0 Å². The second-order valence-corrected chi connectivity index (χ2v) is 5.06. The lowest BCUT2D eigenvalue weighted by atomic mass is 9.59. The van der Waals surface area contributed by atoms with Gasteiger partial charge in [0.25, 0.3) is 0 Å². The summed E-state index contributed by atoms with van der Waals surface area (Å²) in [7, 11) is 0. The minimum absolute atomic E-state index is 0.0357. The Morgan fingerprint density at radius 3 is 2.08 bits per heavy atom. The summed E-state index contributed by atoms with van der Waals surface area (Å²) >= 11 is 1.73. The highest BCUT2D eigenvalue weighted by Crippen LogP contribution is 2.58. The summed E-state index contributed by atoms with van der Waals surface area (Å²) < 4.78 is -0.0357. The summed E-state index contributed by atoms with van der Waals surface area (Å²) in [4.78, 5) is 0. The first-order chi connectivity index (χ1) is 5.66. The molecule has 0 radical (unpaired) electrons. The predicted molar refractivity (Wildman–Crippen MR) is 54.1 cm³/mol. The molecule has 1 rings (SSSR count). The number of hydrogen-bond donors (Lipinski definition) is 0. The molecule has 0 unspecified atom stereocenters. The van der Waals surface area contributed by atoms with E-state index in [4.69, 9.17) is 5.26 Å². The van der Waals surface area contributed by atoms with Gasteiger partial charge in [0.1, 0.15) is 4.75 Å². The summed E-state index contributed by atoms with van der Waals surface area (Å²) in [5, 5.41) is 8.99. The predicted octanol–water partition coefficient (Wildman–Crippen LogP) is 3.21. The molecule has 1 saturated carbocycles. The van der Waals surface area contributed by atoms with E-state index in [1.807, 2.05) is 0 Å². The summed E-state index contributed by atoms with van der Waals surface area (Å²) in [5.74, 6) is 0. The Morgan fingerprint density at radius 1 is 1.33 bits per heavy atom. The molecule has 2 heteroatoms. The molecular formula is C10H17NS. The molecule has 1 nitrogen and oxygen atoms in total. The van der Waals surface area contributed by atoms with Gasteiger partial charge in [-0.05, 0) is 24.5 Å². The molecular weight excluding hydrogens is 166 g/mol. The van der Waals surface area contributed by atoms with Crippen LogP contribution in [0.15, 0.2) is 0 Å². The van der Waals surface area contributed by atoms with Crippen LogP contribution in [0.5, 0.6) is 0 Å². The van der Waals surface area contributed by atoms with Crippen molar-refractivity contribution in [1.29, 1.82) is 5.26 Å². The lowest BCUT2D eigenvalue weighted by molar-refractivity contribution is 0.0987. The normalized spacial score (nSPS) is 24.2. The van der Waals surface area contributed by atoms with Gasteiger partial charge in [-0.15, -0.1) is 11.8 Å². The monoisotopic (exact) mass is 183 g/mol. The van der Waals surface area contributed by atoms with Crippen molar-refractivity contribution in [2.75, 3.05) is 6.26 Å². The molecule has 0 aliphatic heterocycles. The summed E-state index contributed by atoms with van der Waals surface area (Å²) in [6.07, 6.45) is 6.72. The molecule has 0 spiro atoms. The minimum atomic E-state index is -0.0357. The van der Waals surface area contributed by atoms with Crippen molar-refractivity contribution in [3.8, 4) is 6.07 Å². The fourth-order valence-corrected chi connectivity index (χ4v) is 3.17. The zero-order chi connectivity index (χ0) is 9.24. The van der Waals surface area contributed by atoms with Crippen LogP contribution < -0.4 is 0 Å². The van der Waals surface area contributed by atoms with Gasteiger partial charge < -0.3 is 0 Å². The van der Waals surface area contributed by atoms with Gasteiger partial charge in [-0.25, -0.2) is 0 Å². The van der Waals surface area contributed by atoms with Gasteiger partial charge in [0, 0.05) is 0 Å². The van der Waals surface area contributed by atoms with E-state index in [0.29, 0.717) is 5.41 Å². The highest BCUT2D eigenvalue weighted by atomic mass is 32.2. The molecule has 1 aliphatic carbocycles. The minimum Gasteiger partial charge on any atom is -0.197 e. The first-order valence-electron chi connectivity index (χ1n) is 4.62. The number of hydrogen-bond acceptors (Lipinski definition) is 2. The van der Waals surface area contributed by atoms with Crippen molar-refractivity contribution < 1.29 is 0 Å². The molecule has 0 amide bonds. The zero-order valence-electron chi connectivity index (χ0n) is 8.18. The van der Waals surface area contributed by atoms with Crippen molar-refractivity contribution >= 4 is 11.8 Å². The van der Waals surface area contributed by atoms with Crippen molar-refractivity contribution in [2.45, 2.75) is 44.3 Å². The highest BCUT2D eigenvalue weighted by molar-refractivity contribution is 8.00. The Hall–Kier alpha value is -0.160.